The van der Waals surface area contributed by atoms with Gasteiger partial charge in [0.15, 0.2) is 11.5 Å². The van der Waals surface area contributed by atoms with E-state index in [0.29, 0.717) is 34.9 Å². The number of hydrogen-bond acceptors (Lipinski definition) is 3. The molecule has 2 rings (SSSR count). The van der Waals surface area contributed by atoms with Crippen molar-refractivity contribution in [2.24, 2.45) is 0 Å². The first-order valence-electron chi connectivity index (χ1n) is 6.93. The minimum Gasteiger partial charge on any atom is -0.493 e. The summed E-state index contributed by atoms with van der Waals surface area (Å²) in [5.41, 5.74) is 1.34. The van der Waals surface area contributed by atoms with Crippen LogP contribution in [0.1, 0.15) is 22.8 Å². The molecule has 0 fully saturated rings. The Kier molecular flexibility index (Phi) is 4.99. The quantitative estimate of drug-likeness (QED) is 0.914. The van der Waals surface area contributed by atoms with Crippen molar-refractivity contribution in [2.45, 2.75) is 13.8 Å². The molecule has 2 aromatic carbocycles. The molecule has 0 aromatic heterocycles. The van der Waals surface area contributed by atoms with E-state index in [1.165, 1.54) is 13.2 Å². The number of aryl methyl sites for hydroxylation is 1. The number of amides is 1. The smallest absolute Gasteiger partial charge is 0.255 e. The zero-order chi connectivity index (χ0) is 16.1. The maximum absolute atomic E-state index is 13.5. The highest BCUT2D eigenvalue weighted by molar-refractivity contribution is 6.04. The van der Waals surface area contributed by atoms with Crippen LogP contribution in [0.15, 0.2) is 36.4 Å². The molecule has 0 atom stereocenters. The van der Waals surface area contributed by atoms with E-state index in [1.54, 1.807) is 37.3 Å². The van der Waals surface area contributed by atoms with Crippen LogP contribution in [-0.4, -0.2) is 19.6 Å². The predicted octanol–water partition coefficient (Wildman–Crippen LogP) is 3.79. The molecule has 0 radical (unpaired) electrons. The van der Waals surface area contributed by atoms with Crippen molar-refractivity contribution in [3.05, 3.63) is 53.3 Å². The lowest BCUT2D eigenvalue weighted by Crippen LogP contribution is -2.12. The number of methoxy groups -OCH3 is 1. The van der Waals surface area contributed by atoms with Gasteiger partial charge in [-0.05, 0) is 49.7 Å². The molecule has 1 amide bonds. The van der Waals surface area contributed by atoms with E-state index < -0.39 is 0 Å². The van der Waals surface area contributed by atoms with Crippen molar-refractivity contribution in [1.82, 2.24) is 0 Å². The molecule has 1 N–H and O–H groups in total. The molecule has 5 heteroatoms. The molecular formula is C17H18FNO3. The predicted molar refractivity (Wildman–Crippen MR) is 83.3 cm³/mol. The Labute approximate surface area is 128 Å². The maximum atomic E-state index is 13.5. The van der Waals surface area contributed by atoms with Crippen molar-refractivity contribution in [1.29, 1.82) is 0 Å². The zero-order valence-corrected chi connectivity index (χ0v) is 12.8. The summed E-state index contributed by atoms with van der Waals surface area (Å²) in [5, 5.41) is 2.66. The van der Waals surface area contributed by atoms with Crippen LogP contribution in [0, 0.1) is 12.7 Å². The monoisotopic (exact) mass is 303 g/mol. The van der Waals surface area contributed by atoms with Crippen molar-refractivity contribution >= 4 is 11.6 Å². The second-order valence-electron chi connectivity index (χ2n) is 4.72. The Hall–Kier alpha value is -2.56. The van der Waals surface area contributed by atoms with Crippen LogP contribution in [0.4, 0.5) is 10.1 Å². The summed E-state index contributed by atoms with van der Waals surface area (Å²) < 4.78 is 24.1. The van der Waals surface area contributed by atoms with E-state index in [4.69, 9.17) is 9.47 Å². The number of rotatable bonds is 5. The number of carbonyl (C=O) groups excluding carboxylic acids is 1. The molecule has 0 aliphatic rings. The minimum atomic E-state index is -0.359. The van der Waals surface area contributed by atoms with Crippen LogP contribution in [-0.2, 0) is 0 Å². The first-order chi connectivity index (χ1) is 10.5. The minimum absolute atomic E-state index is 0.341. The Morgan fingerprint density at radius 1 is 1.18 bits per heavy atom. The fourth-order valence-electron chi connectivity index (χ4n) is 1.96. The van der Waals surface area contributed by atoms with E-state index in [2.05, 4.69) is 5.32 Å². The van der Waals surface area contributed by atoms with Gasteiger partial charge in [0.25, 0.3) is 5.91 Å². The van der Waals surface area contributed by atoms with Crippen LogP contribution in [0.2, 0.25) is 0 Å². The molecule has 2 aromatic rings. The molecular weight excluding hydrogens is 285 g/mol. The molecule has 0 saturated heterocycles. The second-order valence-corrected chi connectivity index (χ2v) is 4.72. The number of carbonyl (C=O) groups is 1. The van der Waals surface area contributed by atoms with Gasteiger partial charge in [-0.2, -0.15) is 0 Å². The SMILES string of the molecule is CCOc1cc(C(=O)Nc2ccc(C)c(F)c2)ccc1OC. The molecule has 4 nitrogen and oxygen atoms in total. The Bertz CT molecular complexity index is 686. The highest BCUT2D eigenvalue weighted by atomic mass is 19.1. The topological polar surface area (TPSA) is 47.6 Å². The Balaban J connectivity index is 2.21. The normalized spacial score (nSPS) is 10.2. The van der Waals surface area contributed by atoms with Gasteiger partial charge in [-0.25, -0.2) is 4.39 Å². The summed E-state index contributed by atoms with van der Waals surface area (Å²) in [6.45, 7) is 3.98. The lowest BCUT2D eigenvalue weighted by molar-refractivity contribution is 0.102. The van der Waals surface area contributed by atoms with Crippen molar-refractivity contribution in [3.63, 3.8) is 0 Å². The van der Waals surface area contributed by atoms with Crippen LogP contribution < -0.4 is 14.8 Å². The lowest BCUT2D eigenvalue weighted by atomic mass is 10.1. The zero-order valence-electron chi connectivity index (χ0n) is 12.8. The van der Waals surface area contributed by atoms with Gasteiger partial charge in [-0.3, -0.25) is 4.79 Å². The Morgan fingerprint density at radius 2 is 1.95 bits per heavy atom. The van der Waals surface area contributed by atoms with Gasteiger partial charge in [0.1, 0.15) is 5.82 Å². The number of benzene rings is 2. The van der Waals surface area contributed by atoms with Gasteiger partial charge in [0.05, 0.1) is 13.7 Å². The van der Waals surface area contributed by atoms with E-state index in [1.807, 2.05) is 6.92 Å². The number of anilines is 1. The summed E-state index contributed by atoms with van der Waals surface area (Å²) in [7, 11) is 1.53. The van der Waals surface area contributed by atoms with Crippen LogP contribution in [0.25, 0.3) is 0 Å². The number of hydrogen-bond donors (Lipinski definition) is 1. The highest BCUT2D eigenvalue weighted by Gasteiger charge is 2.12. The molecule has 0 unspecified atom stereocenters. The van der Waals surface area contributed by atoms with Crippen molar-refractivity contribution < 1.29 is 18.7 Å². The van der Waals surface area contributed by atoms with Gasteiger partial charge in [-0.1, -0.05) is 6.07 Å². The summed E-state index contributed by atoms with van der Waals surface area (Å²) in [5.74, 6) is 0.349. The third-order valence-electron chi connectivity index (χ3n) is 3.16. The van der Waals surface area contributed by atoms with Crippen molar-refractivity contribution in [3.8, 4) is 11.5 Å². The van der Waals surface area contributed by atoms with Gasteiger partial charge in [0.2, 0.25) is 0 Å². The summed E-state index contributed by atoms with van der Waals surface area (Å²) in [6, 6.07) is 9.45. The fourth-order valence-corrected chi connectivity index (χ4v) is 1.96. The average Bonchev–Trinajstić information content (AvgIpc) is 2.51. The lowest BCUT2D eigenvalue weighted by Gasteiger charge is -2.11. The molecule has 0 bridgehead atoms. The van der Waals surface area contributed by atoms with Gasteiger partial charge >= 0.3 is 0 Å². The molecule has 0 aliphatic carbocycles. The van der Waals surface area contributed by atoms with E-state index >= 15 is 0 Å². The molecule has 0 saturated carbocycles. The first kappa shape index (κ1) is 15.8. The number of ether oxygens (including phenoxy) is 2. The first-order valence-corrected chi connectivity index (χ1v) is 6.93. The third-order valence-corrected chi connectivity index (χ3v) is 3.16. The van der Waals surface area contributed by atoms with E-state index in [0.717, 1.165) is 0 Å². The van der Waals surface area contributed by atoms with Crippen molar-refractivity contribution in [2.75, 3.05) is 19.0 Å². The molecule has 0 spiro atoms. The summed E-state index contributed by atoms with van der Waals surface area (Å²) >= 11 is 0. The highest BCUT2D eigenvalue weighted by Crippen LogP contribution is 2.28. The Morgan fingerprint density at radius 3 is 2.59 bits per heavy atom. The van der Waals surface area contributed by atoms with Gasteiger partial charge < -0.3 is 14.8 Å². The van der Waals surface area contributed by atoms with Gasteiger partial charge in [-0.15, -0.1) is 0 Å². The van der Waals surface area contributed by atoms with Gasteiger partial charge in [0, 0.05) is 11.3 Å². The second kappa shape index (κ2) is 6.93. The van der Waals surface area contributed by atoms with Crippen LogP contribution in [0.3, 0.4) is 0 Å². The van der Waals surface area contributed by atoms with Crippen LogP contribution in [0.5, 0.6) is 11.5 Å². The van der Waals surface area contributed by atoms with E-state index in [-0.39, 0.29) is 11.7 Å². The number of halogens is 1. The molecule has 22 heavy (non-hydrogen) atoms. The molecule has 0 heterocycles. The average molecular weight is 303 g/mol. The summed E-state index contributed by atoms with van der Waals surface area (Å²) in [6.07, 6.45) is 0. The third kappa shape index (κ3) is 3.55. The van der Waals surface area contributed by atoms with E-state index in [9.17, 15) is 9.18 Å². The fraction of sp³-hybridized carbons (Fsp3) is 0.235. The summed E-state index contributed by atoms with van der Waals surface area (Å²) in [4.78, 5) is 12.2. The number of nitrogens with one attached hydrogen (secondary N) is 1. The maximum Gasteiger partial charge on any atom is 0.255 e. The standard InChI is InChI=1S/C17H18FNO3/c1-4-22-16-9-12(6-8-15(16)21-3)17(20)19-13-7-5-11(2)14(18)10-13/h5-10H,4H2,1-3H3,(H,19,20). The van der Waals surface area contributed by atoms with Crippen LogP contribution >= 0.6 is 0 Å². The largest absolute Gasteiger partial charge is 0.493 e. The molecule has 0 aliphatic heterocycles. The molecule has 116 valence electrons.